The second-order valence-corrected chi connectivity index (χ2v) is 5.53. The topological polar surface area (TPSA) is 43.6 Å². The summed E-state index contributed by atoms with van der Waals surface area (Å²) in [6.45, 7) is 6.53. The summed E-state index contributed by atoms with van der Waals surface area (Å²) in [4.78, 5) is 0. The molecule has 0 bridgehead atoms. The number of hydrogen-bond acceptors (Lipinski definition) is 4. The molecule has 0 saturated heterocycles. The van der Waals surface area contributed by atoms with Gasteiger partial charge in [0.2, 0.25) is 5.16 Å². The molecular formula is C13H18N4S. The molecule has 0 fully saturated rings. The van der Waals surface area contributed by atoms with E-state index >= 15 is 0 Å². The summed E-state index contributed by atoms with van der Waals surface area (Å²) in [6, 6.07) is 8.41. The molecule has 1 heterocycles. The van der Waals surface area contributed by atoms with Crippen LogP contribution in [-0.2, 0) is 0 Å². The molecule has 1 aromatic carbocycles. The molecule has 0 aliphatic heterocycles. The first-order valence-electron chi connectivity index (χ1n) is 6.24. The Kier molecular flexibility index (Phi) is 4.36. The second kappa shape index (κ2) is 6.00. The van der Waals surface area contributed by atoms with Crippen LogP contribution in [0.2, 0.25) is 0 Å². The van der Waals surface area contributed by atoms with Gasteiger partial charge < -0.3 is 0 Å². The molecule has 2 aromatic rings. The zero-order chi connectivity index (χ0) is 13.0. The fourth-order valence-corrected chi connectivity index (χ4v) is 2.37. The monoisotopic (exact) mass is 262 g/mol. The third-order valence-electron chi connectivity index (χ3n) is 2.68. The lowest BCUT2D eigenvalue weighted by atomic mass is 10.0. The minimum absolute atomic E-state index is 0.543. The van der Waals surface area contributed by atoms with Crippen LogP contribution in [0.25, 0.3) is 5.69 Å². The standard InChI is InChI=1S/C13H18N4S/c1-4-9-18-13-14-15-16-17(13)12-7-5-11(6-8-12)10(2)3/h5-8,10H,4,9H2,1-3H3. The molecule has 0 amide bonds. The zero-order valence-corrected chi connectivity index (χ0v) is 11.8. The predicted molar refractivity (Wildman–Crippen MR) is 74.3 cm³/mol. The highest BCUT2D eigenvalue weighted by atomic mass is 32.2. The van der Waals surface area contributed by atoms with Crippen LogP contribution < -0.4 is 0 Å². The Morgan fingerprint density at radius 1 is 1.22 bits per heavy atom. The molecule has 1 aromatic heterocycles. The van der Waals surface area contributed by atoms with Crippen molar-refractivity contribution in [1.82, 2.24) is 20.2 Å². The first-order chi connectivity index (χ1) is 8.72. The molecule has 4 nitrogen and oxygen atoms in total. The maximum atomic E-state index is 4.05. The van der Waals surface area contributed by atoms with Crippen molar-refractivity contribution in [2.45, 2.75) is 38.3 Å². The summed E-state index contributed by atoms with van der Waals surface area (Å²) in [5, 5.41) is 12.7. The van der Waals surface area contributed by atoms with Gasteiger partial charge in [0.05, 0.1) is 5.69 Å². The predicted octanol–water partition coefficient (Wildman–Crippen LogP) is 3.29. The van der Waals surface area contributed by atoms with Gasteiger partial charge in [-0.25, -0.2) is 0 Å². The van der Waals surface area contributed by atoms with Crippen molar-refractivity contribution in [1.29, 1.82) is 0 Å². The highest BCUT2D eigenvalue weighted by molar-refractivity contribution is 7.99. The minimum Gasteiger partial charge on any atom is -0.188 e. The van der Waals surface area contributed by atoms with E-state index in [1.807, 2.05) is 0 Å². The van der Waals surface area contributed by atoms with Crippen LogP contribution in [-0.4, -0.2) is 26.0 Å². The average molecular weight is 262 g/mol. The zero-order valence-electron chi connectivity index (χ0n) is 11.0. The molecule has 0 atom stereocenters. The number of rotatable bonds is 5. The fraction of sp³-hybridized carbons (Fsp3) is 0.462. The largest absolute Gasteiger partial charge is 0.214 e. The summed E-state index contributed by atoms with van der Waals surface area (Å²) in [7, 11) is 0. The van der Waals surface area contributed by atoms with Gasteiger partial charge in [-0.05, 0) is 40.5 Å². The Morgan fingerprint density at radius 2 is 1.94 bits per heavy atom. The lowest BCUT2D eigenvalue weighted by Gasteiger charge is -2.07. The van der Waals surface area contributed by atoms with Gasteiger partial charge in [0, 0.05) is 5.75 Å². The van der Waals surface area contributed by atoms with E-state index in [2.05, 4.69) is 60.6 Å². The van der Waals surface area contributed by atoms with Crippen molar-refractivity contribution in [2.75, 3.05) is 5.75 Å². The molecule has 5 heteroatoms. The quantitative estimate of drug-likeness (QED) is 0.776. The normalized spacial score (nSPS) is 11.1. The Hall–Kier alpha value is -1.36. The van der Waals surface area contributed by atoms with E-state index in [9.17, 15) is 0 Å². The number of nitrogens with zero attached hydrogens (tertiary/aromatic N) is 4. The smallest absolute Gasteiger partial charge is 0.188 e. The van der Waals surface area contributed by atoms with Gasteiger partial charge in [0.15, 0.2) is 0 Å². The molecule has 0 unspecified atom stereocenters. The molecular weight excluding hydrogens is 244 g/mol. The highest BCUT2D eigenvalue weighted by Crippen LogP contribution is 2.20. The van der Waals surface area contributed by atoms with Gasteiger partial charge in [-0.2, -0.15) is 4.68 Å². The Labute approximate surface area is 112 Å². The molecule has 0 N–H and O–H groups in total. The average Bonchev–Trinajstić information content (AvgIpc) is 2.84. The molecule has 2 rings (SSSR count). The number of aromatic nitrogens is 4. The van der Waals surface area contributed by atoms with E-state index in [0.717, 1.165) is 23.0 Å². The van der Waals surface area contributed by atoms with Crippen molar-refractivity contribution < 1.29 is 0 Å². The lowest BCUT2D eigenvalue weighted by molar-refractivity contribution is 0.754. The lowest BCUT2D eigenvalue weighted by Crippen LogP contribution is -1.99. The summed E-state index contributed by atoms with van der Waals surface area (Å²) in [5.74, 6) is 1.58. The van der Waals surface area contributed by atoms with Crippen LogP contribution in [0, 0.1) is 0 Å². The third-order valence-corrected chi connectivity index (χ3v) is 3.81. The van der Waals surface area contributed by atoms with Gasteiger partial charge in [0.1, 0.15) is 0 Å². The molecule has 0 saturated carbocycles. The highest BCUT2D eigenvalue weighted by Gasteiger charge is 2.08. The molecule has 18 heavy (non-hydrogen) atoms. The summed E-state index contributed by atoms with van der Waals surface area (Å²) < 4.78 is 1.80. The van der Waals surface area contributed by atoms with E-state index in [-0.39, 0.29) is 0 Å². The number of benzene rings is 1. The van der Waals surface area contributed by atoms with Crippen LogP contribution in [0.4, 0.5) is 0 Å². The summed E-state index contributed by atoms with van der Waals surface area (Å²) in [6.07, 6.45) is 1.11. The molecule has 96 valence electrons. The Morgan fingerprint density at radius 3 is 2.56 bits per heavy atom. The van der Waals surface area contributed by atoms with E-state index < -0.39 is 0 Å². The van der Waals surface area contributed by atoms with Gasteiger partial charge in [0.25, 0.3) is 0 Å². The number of thioether (sulfide) groups is 1. The Balaban J connectivity index is 2.23. The van der Waals surface area contributed by atoms with E-state index in [4.69, 9.17) is 0 Å². The molecule has 0 aliphatic rings. The van der Waals surface area contributed by atoms with Crippen molar-refractivity contribution >= 4 is 11.8 Å². The van der Waals surface area contributed by atoms with Crippen LogP contribution in [0.15, 0.2) is 29.4 Å². The van der Waals surface area contributed by atoms with Crippen molar-refractivity contribution in [2.24, 2.45) is 0 Å². The first kappa shape index (κ1) is 13.1. The second-order valence-electron chi connectivity index (χ2n) is 4.47. The SMILES string of the molecule is CCCSc1nnnn1-c1ccc(C(C)C)cc1. The summed E-state index contributed by atoms with van der Waals surface area (Å²) in [5.41, 5.74) is 2.34. The maximum absolute atomic E-state index is 4.05. The van der Waals surface area contributed by atoms with E-state index in [0.29, 0.717) is 5.92 Å². The van der Waals surface area contributed by atoms with Crippen molar-refractivity contribution in [3.8, 4) is 5.69 Å². The third kappa shape index (κ3) is 2.90. The molecule has 0 radical (unpaired) electrons. The molecule has 0 aliphatic carbocycles. The maximum Gasteiger partial charge on any atom is 0.214 e. The van der Waals surface area contributed by atoms with Crippen LogP contribution in [0.5, 0.6) is 0 Å². The minimum atomic E-state index is 0.543. The van der Waals surface area contributed by atoms with Crippen molar-refractivity contribution in [3.63, 3.8) is 0 Å². The van der Waals surface area contributed by atoms with Crippen LogP contribution in [0.1, 0.15) is 38.7 Å². The molecule has 0 spiro atoms. The van der Waals surface area contributed by atoms with Gasteiger partial charge in [-0.3, -0.25) is 0 Å². The summed E-state index contributed by atoms with van der Waals surface area (Å²) >= 11 is 1.69. The first-order valence-corrected chi connectivity index (χ1v) is 7.22. The number of tetrazole rings is 1. The van der Waals surface area contributed by atoms with Gasteiger partial charge in [-0.1, -0.05) is 44.7 Å². The van der Waals surface area contributed by atoms with E-state index in [1.54, 1.807) is 16.4 Å². The van der Waals surface area contributed by atoms with Crippen LogP contribution in [0.3, 0.4) is 0 Å². The Bertz CT molecular complexity index is 490. The van der Waals surface area contributed by atoms with Gasteiger partial charge >= 0.3 is 0 Å². The van der Waals surface area contributed by atoms with Gasteiger partial charge in [-0.15, -0.1) is 5.10 Å². The van der Waals surface area contributed by atoms with Crippen molar-refractivity contribution in [3.05, 3.63) is 29.8 Å². The van der Waals surface area contributed by atoms with E-state index in [1.165, 1.54) is 5.56 Å². The number of hydrogen-bond donors (Lipinski definition) is 0. The fourth-order valence-electron chi connectivity index (χ4n) is 1.62. The van der Waals surface area contributed by atoms with Crippen LogP contribution >= 0.6 is 11.8 Å².